The topological polar surface area (TPSA) is 30.5 Å². The Bertz CT molecular complexity index is 247. The summed E-state index contributed by atoms with van der Waals surface area (Å²) < 4.78 is 11.0. The van der Waals surface area contributed by atoms with Gasteiger partial charge in [-0.1, -0.05) is 32.9 Å². The molecule has 0 radical (unpaired) electrons. The molecule has 0 spiro atoms. The maximum Gasteiger partial charge on any atom is 0.0648 e. The highest BCUT2D eigenvalue weighted by molar-refractivity contribution is 7.80. The zero-order chi connectivity index (χ0) is 14.8. The fourth-order valence-electron chi connectivity index (χ4n) is 1.24. The van der Waals surface area contributed by atoms with Crippen molar-refractivity contribution in [3.05, 3.63) is 12.2 Å². The molecule has 4 heteroatoms. The van der Waals surface area contributed by atoms with Crippen LogP contribution in [0.25, 0.3) is 0 Å². The third kappa shape index (κ3) is 14.2. The van der Waals surface area contributed by atoms with Crippen LogP contribution in [0, 0.1) is 5.41 Å². The van der Waals surface area contributed by atoms with Crippen LogP contribution in [0.15, 0.2) is 12.2 Å². The van der Waals surface area contributed by atoms with E-state index in [0.717, 1.165) is 18.9 Å². The number of thiol groups is 1. The first kappa shape index (κ1) is 19.0. The molecule has 0 unspecified atom stereocenters. The average Bonchev–Trinajstić information content (AvgIpc) is 2.30. The van der Waals surface area contributed by atoms with E-state index in [1.807, 2.05) is 12.2 Å². The summed E-state index contributed by atoms with van der Waals surface area (Å²) in [7, 11) is 0. The molecule has 0 heterocycles. The Balaban J connectivity index is 3.35. The number of hydrogen-bond acceptors (Lipinski definition) is 4. The van der Waals surface area contributed by atoms with Crippen LogP contribution in [-0.4, -0.2) is 44.3 Å². The quantitative estimate of drug-likeness (QED) is 0.368. The van der Waals surface area contributed by atoms with Crippen molar-refractivity contribution in [2.24, 2.45) is 5.41 Å². The molecule has 1 N–H and O–H groups in total. The predicted molar refractivity (Wildman–Crippen MR) is 86.2 cm³/mol. The molecular formula is C15H31NO2S. The molecule has 0 saturated carbocycles. The molecule has 114 valence electrons. The van der Waals surface area contributed by atoms with E-state index >= 15 is 0 Å². The lowest BCUT2D eigenvalue weighted by Gasteiger charge is -2.23. The number of hydrogen-bond donors (Lipinski definition) is 2. The summed E-state index contributed by atoms with van der Waals surface area (Å²) in [4.78, 5) is 0. The van der Waals surface area contributed by atoms with Gasteiger partial charge in [-0.3, -0.25) is 0 Å². The van der Waals surface area contributed by atoms with Crippen LogP contribution < -0.4 is 5.32 Å². The van der Waals surface area contributed by atoms with Crippen LogP contribution in [0.5, 0.6) is 0 Å². The van der Waals surface area contributed by atoms with Gasteiger partial charge in [-0.15, -0.1) is 0 Å². The maximum absolute atomic E-state index is 5.52. The fourth-order valence-corrected chi connectivity index (χ4v) is 1.35. The lowest BCUT2D eigenvalue weighted by Crippen LogP contribution is -2.42. The first-order chi connectivity index (χ1) is 8.77. The first-order valence-corrected chi connectivity index (χ1v) is 7.56. The summed E-state index contributed by atoms with van der Waals surface area (Å²) >= 11 is 4.28. The van der Waals surface area contributed by atoms with Crippen molar-refractivity contribution in [1.29, 1.82) is 0 Å². The average molecular weight is 289 g/mol. The second-order valence-electron chi connectivity index (χ2n) is 6.59. The molecular weight excluding hydrogens is 258 g/mol. The van der Waals surface area contributed by atoms with Gasteiger partial charge in [0.25, 0.3) is 0 Å². The van der Waals surface area contributed by atoms with Crippen LogP contribution in [0.1, 0.15) is 34.6 Å². The van der Waals surface area contributed by atoms with Gasteiger partial charge in [-0.05, 0) is 19.3 Å². The standard InChI is InChI=1S/C15H31NO2S/c1-14(2,3)12-18-10-7-6-9-17-11-8-16-15(4,5)13-19/h6-7,16,19H,8-13H2,1-5H3/b7-6-. The minimum atomic E-state index is 0.0725. The highest BCUT2D eigenvalue weighted by Gasteiger charge is 2.13. The smallest absolute Gasteiger partial charge is 0.0648 e. The monoisotopic (exact) mass is 289 g/mol. The Kier molecular flexibility index (Phi) is 9.79. The third-order valence-electron chi connectivity index (χ3n) is 2.38. The molecule has 0 aliphatic rings. The summed E-state index contributed by atoms with van der Waals surface area (Å²) in [6.07, 6.45) is 4.02. The van der Waals surface area contributed by atoms with E-state index in [1.165, 1.54) is 0 Å². The second kappa shape index (κ2) is 9.81. The van der Waals surface area contributed by atoms with Gasteiger partial charge in [0, 0.05) is 17.8 Å². The van der Waals surface area contributed by atoms with Gasteiger partial charge in [0.05, 0.1) is 26.4 Å². The SMILES string of the molecule is CC(C)(C)COC/C=C\COCCNC(C)(C)CS. The van der Waals surface area contributed by atoms with Crippen molar-refractivity contribution in [2.45, 2.75) is 40.2 Å². The molecule has 0 aliphatic carbocycles. The molecule has 0 atom stereocenters. The number of ether oxygens (including phenoxy) is 2. The van der Waals surface area contributed by atoms with E-state index in [1.54, 1.807) is 0 Å². The van der Waals surface area contributed by atoms with E-state index < -0.39 is 0 Å². The van der Waals surface area contributed by atoms with Gasteiger partial charge >= 0.3 is 0 Å². The van der Waals surface area contributed by atoms with Gasteiger partial charge in [0.1, 0.15) is 0 Å². The molecule has 0 saturated heterocycles. The lowest BCUT2D eigenvalue weighted by molar-refractivity contribution is 0.0903. The third-order valence-corrected chi connectivity index (χ3v) is 3.17. The predicted octanol–water partition coefficient (Wildman–Crippen LogP) is 2.92. The highest BCUT2D eigenvalue weighted by Crippen LogP contribution is 2.12. The summed E-state index contributed by atoms with van der Waals surface area (Å²) in [6.45, 7) is 14.4. The second-order valence-corrected chi connectivity index (χ2v) is 6.91. The van der Waals surface area contributed by atoms with Crippen molar-refractivity contribution >= 4 is 12.6 Å². The van der Waals surface area contributed by atoms with E-state index in [2.05, 4.69) is 52.6 Å². The minimum Gasteiger partial charge on any atom is -0.377 e. The van der Waals surface area contributed by atoms with Gasteiger partial charge in [-0.25, -0.2) is 0 Å². The number of nitrogens with one attached hydrogen (secondary N) is 1. The Hall–Kier alpha value is -0.0300. The van der Waals surface area contributed by atoms with Crippen molar-refractivity contribution < 1.29 is 9.47 Å². The Labute approximate surface area is 124 Å². The summed E-state index contributed by atoms with van der Waals surface area (Å²) in [5.41, 5.74) is 0.304. The van der Waals surface area contributed by atoms with Crippen LogP contribution >= 0.6 is 12.6 Å². The van der Waals surface area contributed by atoms with Crippen molar-refractivity contribution in [1.82, 2.24) is 5.32 Å². The Morgan fingerprint density at radius 1 is 1.00 bits per heavy atom. The molecule has 0 aromatic rings. The minimum absolute atomic E-state index is 0.0725. The first-order valence-electron chi connectivity index (χ1n) is 6.93. The van der Waals surface area contributed by atoms with Crippen LogP contribution in [0.2, 0.25) is 0 Å². The summed E-state index contributed by atoms with van der Waals surface area (Å²) in [6, 6.07) is 0. The molecule has 0 bridgehead atoms. The van der Waals surface area contributed by atoms with E-state index in [-0.39, 0.29) is 11.0 Å². The van der Waals surface area contributed by atoms with Crippen LogP contribution in [-0.2, 0) is 9.47 Å². The molecule has 0 rings (SSSR count). The molecule has 0 aromatic carbocycles. The Morgan fingerprint density at radius 3 is 2.11 bits per heavy atom. The fraction of sp³-hybridized carbons (Fsp3) is 0.867. The van der Waals surface area contributed by atoms with E-state index in [4.69, 9.17) is 9.47 Å². The zero-order valence-corrected chi connectivity index (χ0v) is 14.1. The molecule has 0 aliphatic heterocycles. The van der Waals surface area contributed by atoms with Gasteiger partial charge in [0.2, 0.25) is 0 Å². The van der Waals surface area contributed by atoms with Crippen LogP contribution in [0.4, 0.5) is 0 Å². The normalized spacial score (nSPS) is 13.4. The van der Waals surface area contributed by atoms with E-state index in [0.29, 0.717) is 19.8 Å². The molecule has 0 amide bonds. The molecule has 0 aromatic heterocycles. The van der Waals surface area contributed by atoms with Crippen molar-refractivity contribution in [3.63, 3.8) is 0 Å². The molecule has 19 heavy (non-hydrogen) atoms. The molecule has 0 fully saturated rings. The molecule has 3 nitrogen and oxygen atoms in total. The van der Waals surface area contributed by atoms with Gasteiger partial charge < -0.3 is 14.8 Å². The summed E-state index contributed by atoms with van der Waals surface area (Å²) in [5, 5.41) is 3.39. The van der Waals surface area contributed by atoms with Gasteiger partial charge in [0.15, 0.2) is 0 Å². The Morgan fingerprint density at radius 2 is 1.58 bits per heavy atom. The summed E-state index contributed by atoms with van der Waals surface area (Å²) in [5.74, 6) is 0.817. The lowest BCUT2D eigenvalue weighted by atomic mass is 9.99. The number of rotatable bonds is 10. The van der Waals surface area contributed by atoms with Gasteiger partial charge in [-0.2, -0.15) is 12.6 Å². The van der Waals surface area contributed by atoms with E-state index in [9.17, 15) is 0 Å². The maximum atomic E-state index is 5.52. The van der Waals surface area contributed by atoms with Crippen molar-refractivity contribution in [2.75, 3.05) is 38.7 Å². The largest absolute Gasteiger partial charge is 0.377 e. The van der Waals surface area contributed by atoms with Crippen molar-refractivity contribution in [3.8, 4) is 0 Å². The zero-order valence-electron chi connectivity index (χ0n) is 13.2. The van der Waals surface area contributed by atoms with Crippen LogP contribution in [0.3, 0.4) is 0 Å². The highest BCUT2D eigenvalue weighted by atomic mass is 32.1.